The van der Waals surface area contributed by atoms with E-state index in [9.17, 15) is 9.59 Å². The summed E-state index contributed by atoms with van der Waals surface area (Å²) in [5, 5.41) is 3.20. The summed E-state index contributed by atoms with van der Waals surface area (Å²) in [6, 6.07) is 9.54. The number of rotatable bonds is 5. The molecule has 1 aromatic carbocycles. The molecule has 0 radical (unpaired) electrons. The van der Waals surface area contributed by atoms with Crippen molar-refractivity contribution >= 4 is 17.6 Å². The molecule has 5 nitrogen and oxygen atoms in total. The van der Waals surface area contributed by atoms with E-state index < -0.39 is 17.9 Å². The number of dihydropyridines is 1. The number of carbonyl (C=O) groups is 2. The molecule has 1 N–H and O–H groups in total. The van der Waals surface area contributed by atoms with E-state index in [2.05, 4.69) is 5.32 Å². The number of hydrogen-bond donors (Lipinski definition) is 1. The molecule has 0 fully saturated rings. The third-order valence-electron chi connectivity index (χ3n) is 3.91. The fraction of sp³-hybridized carbons (Fsp3) is 0.368. The molecular weight excluding hydrogens is 306 g/mol. The Labute approximate surface area is 142 Å². The van der Waals surface area contributed by atoms with Crippen molar-refractivity contribution in [2.24, 2.45) is 5.92 Å². The Morgan fingerprint density at radius 1 is 1.00 bits per heavy atom. The lowest BCUT2D eigenvalue weighted by molar-refractivity contribution is -0.139. The highest BCUT2D eigenvalue weighted by Crippen LogP contribution is 2.34. The van der Waals surface area contributed by atoms with Crippen molar-refractivity contribution in [2.75, 3.05) is 13.2 Å². The van der Waals surface area contributed by atoms with Crippen molar-refractivity contribution in [2.45, 2.75) is 27.7 Å². The number of nitrogens with one attached hydrogen (secondary N) is 1. The number of ether oxygens (including phenoxy) is 2. The first-order valence-corrected chi connectivity index (χ1v) is 8.12. The molecule has 0 saturated heterocycles. The fourth-order valence-corrected chi connectivity index (χ4v) is 2.87. The smallest absolute Gasteiger partial charge is 0.336 e. The second kappa shape index (κ2) is 7.81. The second-order valence-corrected chi connectivity index (χ2v) is 5.48. The van der Waals surface area contributed by atoms with E-state index in [0.29, 0.717) is 22.5 Å². The van der Waals surface area contributed by atoms with Crippen LogP contribution in [-0.2, 0) is 19.1 Å². The molecule has 1 unspecified atom stereocenters. The van der Waals surface area contributed by atoms with E-state index in [1.807, 2.05) is 44.2 Å². The summed E-state index contributed by atoms with van der Waals surface area (Å²) in [4.78, 5) is 24.8. The lowest BCUT2D eigenvalue weighted by atomic mass is 9.85. The Morgan fingerprint density at radius 2 is 1.54 bits per heavy atom. The monoisotopic (exact) mass is 329 g/mol. The van der Waals surface area contributed by atoms with E-state index in [1.165, 1.54) is 0 Å². The van der Waals surface area contributed by atoms with Gasteiger partial charge in [-0.1, -0.05) is 37.3 Å². The highest BCUT2D eigenvalue weighted by molar-refractivity contribution is 6.03. The van der Waals surface area contributed by atoms with Crippen LogP contribution in [-0.4, -0.2) is 25.2 Å². The van der Waals surface area contributed by atoms with Gasteiger partial charge < -0.3 is 14.8 Å². The highest BCUT2D eigenvalue weighted by Gasteiger charge is 2.35. The number of esters is 2. The van der Waals surface area contributed by atoms with Gasteiger partial charge in [-0.05, 0) is 26.3 Å². The van der Waals surface area contributed by atoms with Crippen LogP contribution < -0.4 is 5.32 Å². The van der Waals surface area contributed by atoms with Crippen LogP contribution in [0.3, 0.4) is 0 Å². The lowest BCUT2D eigenvalue weighted by Gasteiger charge is -2.29. The van der Waals surface area contributed by atoms with Crippen LogP contribution in [0, 0.1) is 5.92 Å². The molecular formula is C19H23NO4. The molecule has 2 rings (SSSR count). The van der Waals surface area contributed by atoms with Crippen LogP contribution in [0.25, 0.3) is 5.70 Å². The molecule has 0 aliphatic carbocycles. The summed E-state index contributed by atoms with van der Waals surface area (Å²) >= 11 is 0. The Morgan fingerprint density at radius 3 is 2.08 bits per heavy atom. The molecule has 1 atom stereocenters. The van der Waals surface area contributed by atoms with Gasteiger partial charge in [0.1, 0.15) is 0 Å². The molecule has 0 bridgehead atoms. The third-order valence-corrected chi connectivity index (χ3v) is 3.91. The van der Waals surface area contributed by atoms with Gasteiger partial charge >= 0.3 is 11.9 Å². The summed E-state index contributed by atoms with van der Waals surface area (Å²) in [6.45, 7) is 7.71. The maximum absolute atomic E-state index is 12.5. The molecule has 0 saturated carbocycles. The van der Waals surface area contributed by atoms with Crippen molar-refractivity contribution in [3.8, 4) is 0 Å². The van der Waals surface area contributed by atoms with E-state index in [4.69, 9.17) is 9.47 Å². The van der Waals surface area contributed by atoms with E-state index in [0.717, 1.165) is 5.56 Å². The number of allylic oxidation sites excluding steroid dienone is 1. The van der Waals surface area contributed by atoms with Crippen LogP contribution in [0.2, 0.25) is 0 Å². The first kappa shape index (κ1) is 17.8. The SMILES string of the molecule is CCOC(=O)C1=C(C)NC(c2ccccc2)=C(C(=O)OCC)C1C. The number of hydrogen-bond acceptors (Lipinski definition) is 5. The third kappa shape index (κ3) is 3.50. The predicted molar refractivity (Wildman–Crippen MR) is 91.6 cm³/mol. The Kier molecular flexibility index (Phi) is 5.79. The summed E-state index contributed by atoms with van der Waals surface area (Å²) in [5.41, 5.74) is 3.13. The number of benzene rings is 1. The number of carbonyl (C=O) groups excluding carboxylic acids is 2. The molecule has 1 aromatic rings. The van der Waals surface area contributed by atoms with Gasteiger partial charge in [-0.15, -0.1) is 0 Å². The van der Waals surface area contributed by atoms with Gasteiger partial charge in [0, 0.05) is 11.6 Å². The molecule has 1 aliphatic rings. The van der Waals surface area contributed by atoms with E-state index in [1.54, 1.807) is 13.8 Å². The fourth-order valence-electron chi connectivity index (χ4n) is 2.87. The van der Waals surface area contributed by atoms with Gasteiger partial charge in [-0.2, -0.15) is 0 Å². The molecule has 1 aliphatic heterocycles. The van der Waals surface area contributed by atoms with Crippen LogP contribution >= 0.6 is 0 Å². The molecule has 0 amide bonds. The average molecular weight is 329 g/mol. The second-order valence-electron chi connectivity index (χ2n) is 5.48. The van der Waals surface area contributed by atoms with Crippen molar-refractivity contribution < 1.29 is 19.1 Å². The quantitative estimate of drug-likeness (QED) is 0.841. The van der Waals surface area contributed by atoms with Crippen molar-refractivity contribution in [1.82, 2.24) is 5.32 Å². The van der Waals surface area contributed by atoms with Crippen molar-refractivity contribution in [3.63, 3.8) is 0 Å². The largest absolute Gasteiger partial charge is 0.463 e. The summed E-state index contributed by atoms with van der Waals surface area (Å²) < 4.78 is 10.4. The Hall–Kier alpha value is -2.56. The lowest BCUT2D eigenvalue weighted by Crippen LogP contribution is -2.32. The zero-order chi connectivity index (χ0) is 17.7. The molecule has 24 heavy (non-hydrogen) atoms. The molecule has 1 heterocycles. The van der Waals surface area contributed by atoms with Crippen molar-refractivity contribution in [1.29, 1.82) is 0 Å². The summed E-state index contributed by atoms with van der Waals surface area (Å²) in [5.74, 6) is -1.26. The Bertz CT molecular complexity index is 689. The topological polar surface area (TPSA) is 64.6 Å². The van der Waals surface area contributed by atoms with Crippen LogP contribution in [0.15, 0.2) is 47.2 Å². The van der Waals surface area contributed by atoms with Gasteiger partial charge in [0.15, 0.2) is 0 Å². The minimum absolute atomic E-state index is 0.272. The molecule has 0 spiro atoms. The molecule has 128 valence electrons. The maximum Gasteiger partial charge on any atom is 0.336 e. The van der Waals surface area contributed by atoms with Crippen molar-refractivity contribution in [3.05, 3.63) is 52.7 Å². The van der Waals surface area contributed by atoms with Gasteiger partial charge in [-0.3, -0.25) is 0 Å². The minimum atomic E-state index is -0.425. The molecule has 0 aromatic heterocycles. The van der Waals surface area contributed by atoms with E-state index in [-0.39, 0.29) is 13.2 Å². The van der Waals surface area contributed by atoms with E-state index >= 15 is 0 Å². The standard InChI is InChI=1S/C19H23NO4/c1-5-23-18(21)15-12(3)16(19(22)24-6-2)17(20-13(15)4)14-10-8-7-9-11-14/h7-12,20H,5-6H2,1-4H3. The van der Waals surface area contributed by atoms with Crippen LogP contribution in [0.1, 0.15) is 33.3 Å². The zero-order valence-electron chi connectivity index (χ0n) is 14.5. The summed E-state index contributed by atoms with van der Waals surface area (Å²) in [7, 11) is 0. The van der Waals surface area contributed by atoms with Crippen LogP contribution in [0.5, 0.6) is 0 Å². The van der Waals surface area contributed by atoms with Gasteiger partial charge in [-0.25, -0.2) is 9.59 Å². The van der Waals surface area contributed by atoms with Gasteiger partial charge in [0.25, 0.3) is 0 Å². The minimum Gasteiger partial charge on any atom is -0.463 e. The normalized spacial score (nSPS) is 17.4. The maximum atomic E-state index is 12.5. The van der Waals surface area contributed by atoms with Gasteiger partial charge in [0.2, 0.25) is 0 Å². The molecule has 5 heteroatoms. The highest BCUT2D eigenvalue weighted by atomic mass is 16.5. The Balaban J connectivity index is 2.53. The van der Waals surface area contributed by atoms with Crippen LogP contribution in [0.4, 0.5) is 0 Å². The average Bonchev–Trinajstić information content (AvgIpc) is 2.55. The first-order chi connectivity index (χ1) is 11.5. The van der Waals surface area contributed by atoms with Gasteiger partial charge in [0.05, 0.1) is 30.1 Å². The summed E-state index contributed by atoms with van der Waals surface area (Å²) in [6.07, 6.45) is 0. The zero-order valence-corrected chi connectivity index (χ0v) is 14.5. The first-order valence-electron chi connectivity index (χ1n) is 8.12. The predicted octanol–water partition coefficient (Wildman–Crippen LogP) is 3.04.